The van der Waals surface area contributed by atoms with Gasteiger partial charge in [-0.2, -0.15) is 0 Å². The lowest BCUT2D eigenvalue weighted by molar-refractivity contribution is -0.146. The SMILES string of the molecule is CCCCCCCCCC/C=C/COC(=O)CCCC(=O)OCC(CC)CC. The van der Waals surface area contributed by atoms with E-state index in [1.54, 1.807) is 0 Å². The minimum absolute atomic E-state index is 0.218. The topological polar surface area (TPSA) is 52.6 Å². The molecule has 0 aliphatic heterocycles. The predicted molar refractivity (Wildman–Crippen MR) is 116 cm³/mol. The maximum atomic E-state index is 11.7. The van der Waals surface area contributed by atoms with Crippen molar-refractivity contribution < 1.29 is 19.1 Å². The van der Waals surface area contributed by atoms with Crippen LogP contribution < -0.4 is 0 Å². The number of allylic oxidation sites excluding steroid dienone is 1. The molecule has 0 amide bonds. The zero-order chi connectivity index (χ0) is 20.9. The van der Waals surface area contributed by atoms with E-state index in [2.05, 4.69) is 26.8 Å². The Labute approximate surface area is 173 Å². The number of hydrogen-bond donors (Lipinski definition) is 0. The number of hydrogen-bond acceptors (Lipinski definition) is 4. The van der Waals surface area contributed by atoms with Crippen LogP contribution in [0.15, 0.2) is 12.2 Å². The molecule has 0 N–H and O–H groups in total. The van der Waals surface area contributed by atoms with Gasteiger partial charge in [0.1, 0.15) is 6.61 Å². The van der Waals surface area contributed by atoms with E-state index in [1.807, 2.05) is 6.08 Å². The third-order valence-corrected chi connectivity index (χ3v) is 5.13. The van der Waals surface area contributed by atoms with Gasteiger partial charge in [0.2, 0.25) is 0 Å². The Morgan fingerprint density at radius 1 is 0.714 bits per heavy atom. The largest absolute Gasteiger partial charge is 0.465 e. The number of rotatable bonds is 19. The number of unbranched alkanes of at least 4 members (excludes halogenated alkanes) is 8. The van der Waals surface area contributed by atoms with Crippen LogP contribution in [-0.4, -0.2) is 25.2 Å². The van der Waals surface area contributed by atoms with E-state index in [1.165, 1.54) is 51.4 Å². The summed E-state index contributed by atoms with van der Waals surface area (Å²) in [6, 6.07) is 0. The molecule has 0 aromatic heterocycles. The second kappa shape index (κ2) is 20.4. The summed E-state index contributed by atoms with van der Waals surface area (Å²) in [6.45, 7) is 7.26. The highest BCUT2D eigenvalue weighted by Crippen LogP contribution is 2.10. The number of carbonyl (C=O) groups is 2. The average Bonchev–Trinajstić information content (AvgIpc) is 2.69. The highest BCUT2D eigenvalue weighted by molar-refractivity contribution is 5.72. The van der Waals surface area contributed by atoms with Crippen LogP contribution in [0.25, 0.3) is 0 Å². The van der Waals surface area contributed by atoms with Crippen molar-refractivity contribution in [3.05, 3.63) is 12.2 Å². The van der Waals surface area contributed by atoms with Gasteiger partial charge in [-0.25, -0.2) is 0 Å². The first-order valence-electron chi connectivity index (χ1n) is 11.6. The third-order valence-electron chi connectivity index (χ3n) is 5.13. The molecule has 0 heterocycles. The number of carbonyl (C=O) groups excluding carboxylic acids is 2. The van der Waals surface area contributed by atoms with Crippen molar-refractivity contribution in [2.24, 2.45) is 5.92 Å². The average molecular weight is 397 g/mol. The van der Waals surface area contributed by atoms with Crippen LogP contribution in [0.5, 0.6) is 0 Å². The third kappa shape index (κ3) is 18.1. The minimum atomic E-state index is -0.246. The summed E-state index contributed by atoms with van der Waals surface area (Å²) in [6.07, 6.45) is 18.7. The second-order valence-electron chi connectivity index (χ2n) is 7.64. The fourth-order valence-corrected chi connectivity index (χ4v) is 2.98. The molecular weight excluding hydrogens is 352 g/mol. The first-order valence-corrected chi connectivity index (χ1v) is 11.6. The van der Waals surface area contributed by atoms with Gasteiger partial charge in [0.15, 0.2) is 0 Å². The van der Waals surface area contributed by atoms with E-state index in [4.69, 9.17) is 9.47 Å². The molecule has 0 aliphatic carbocycles. The lowest BCUT2D eigenvalue weighted by atomic mass is 10.1. The van der Waals surface area contributed by atoms with Crippen LogP contribution in [0, 0.1) is 5.92 Å². The van der Waals surface area contributed by atoms with Crippen LogP contribution in [0.2, 0.25) is 0 Å². The zero-order valence-electron chi connectivity index (χ0n) is 18.7. The van der Waals surface area contributed by atoms with Crippen molar-refractivity contribution in [1.29, 1.82) is 0 Å². The Morgan fingerprint density at radius 2 is 1.29 bits per heavy atom. The Hall–Kier alpha value is -1.32. The van der Waals surface area contributed by atoms with Gasteiger partial charge < -0.3 is 9.47 Å². The monoisotopic (exact) mass is 396 g/mol. The van der Waals surface area contributed by atoms with Crippen molar-refractivity contribution in [1.82, 2.24) is 0 Å². The summed E-state index contributed by atoms with van der Waals surface area (Å²) in [4.78, 5) is 23.3. The van der Waals surface area contributed by atoms with E-state index in [0.717, 1.165) is 19.3 Å². The minimum Gasteiger partial charge on any atom is -0.465 e. The van der Waals surface area contributed by atoms with Crippen LogP contribution in [0.4, 0.5) is 0 Å². The number of esters is 2. The molecule has 0 rings (SSSR count). The van der Waals surface area contributed by atoms with Gasteiger partial charge in [-0.05, 0) is 25.2 Å². The molecule has 164 valence electrons. The molecule has 0 unspecified atom stereocenters. The summed E-state index contributed by atoms with van der Waals surface area (Å²) in [7, 11) is 0. The number of ether oxygens (including phenoxy) is 2. The second-order valence-corrected chi connectivity index (χ2v) is 7.64. The molecule has 4 nitrogen and oxygen atoms in total. The van der Waals surface area contributed by atoms with Gasteiger partial charge in [0.25, 0.3) is 0 Å². The smallest absolute Gasteiger partial charge is 0.306 e. The maximum absolute atomic E-state index is 11.7. The summed E-state index contributed by atoms with van der Waals surface area (Å²) >= 11 is 0. The first-order chi connectivity index (χ1) is 13.6. The molecule has 0 aliphatic rings. The van der Waals surface area contributed by atoms with Crippen molar-refractivity contribution in [2.45, 2.75) is 111 Å². The molecule has 0 radical (unpaired) electrons. The molecule has 28 heavy (non-hydrogen) atoms. The quantitative estimate of drug-likeness (QED) is 0.137. The van der Waals surface area contributed by atoms with E-state index in [-0.39, 0.29) is 24.8 Å². The Kier molecular flexibility index (Phi) is 19.5. The summed E-state index contributed by atoms with van der Waals surface area (Å²) in [5.74, 6) is -0.0269. The molecule has 0 fully saturated rings. The van der Waals surface area contributed by atoms with Gasteiger partial charge in [-0.3, -0.25) is 9.59 Å². The van der Waals surface area contributed by atoms with Gasteiger partial charge in [-0.15, -0.1) is 0 Å². The Balaban J connectivity index is 3.47. The molecule has 4 heteroatoms. The van der Waals surface area contributed by atoms with E-state index in [9.17, 15) is 9.59 Å². The maximum Gasteiger partial charge on any atom is 0.306 e. The normalized spacial score (nSPS) is 11.3. The van der Waals surface area contributed by atoms with E-state index >= 15 is 0 Å². The molecule has 0 saturated heterocycles. The molecule has 0 atom stereocenters. The molecule has 0 saturated carbocycles. The standard InChI is InChI=1S/C24H44O4/c1-4-7-8-9-10-11-12-13-14-15-16-20-27-23(25)18-17-19-24(26)28-21-22(5-2)6-3/h15-16,22H,4-14,17-21H2,1-3H3/b16-15+. The first kappa shape index (κ1) is 26.7. The van der Waals surface area contributed by atoms with Crippen LogP contribution in [0.3, 0.4) is 0 Å². The van der Waals surface area contributed by atoms with Crippen LogP contribution >= 0.6 is 0 Å². The van der Waals surface area contributed by atoms with Gasteiger partial charge in [0.05, 0.1) is 6.61 Å². The highest BCUT2D eigenvalue weighted by atomic mass is 16.5. The predicted octanol–water partition coefficient (Wildman–Crippen LogP) is 6.77. The summed E-state index contributed by atoms with van der Waals surface area (Å²) in [5, 5.41) is 0. The van der Waals surface area contributed by atoms with Crippen LogP contribution in [0.1, 0.15) is 111 Å². The van der Waals surface area contributed by atoms with Gasteiger partial charge >= 0.3 is 11.9 Å². The lowest BCUT2D eigenvalue weighted by Gasteiger charge is -2.12. The molecule has 0 aromatic carbocycles. The van der Waals surface area contributed by atoms with E-state index < -0.39 is 0 Å². The summed E-state index contributed by atoms with van der Waals surface area (Å²) < 4.78 is 10.4. The van der Waals surface area contributed by atoms with Crippen molar-refractivity contribution in [2.75, 3.05) is 13.2 Å². The lowest BCUT2D eigenvalue weighted by Crippen LogP contribution is -2.13. The van der Waals surface area contributed by atoms with Crippen molar-refractivity contribution >= 4 is 11.9 Å². The zero-order valence-corrected chi connectivity index (χ0v) is 18.7. The molecular formula is C24H44O4. The Morgan fingerprint density at radius 3 is 1.89 bits per heavy atom. The van der Waals surface area contributed by atoms with Crippen molar-refractivity contribution in [3.63, 3.8) is 0 Å². The Bertz CT molecular complexity index is 399. The highest BCUT2D eigenvalue weighted by Gasteiger charge is 2.10. The van der Waals surface area contributed by atoms with Gasteiger partial charge in [0, 0.05) is 12.8 Å². The van der Waals surface area contributed by atoms with Crippen molar-refractivity contribution in [3.8, 4) is 0 Å². The fourth-order valence-electron chi connectivity index (χ4n) is 2.98. The van der Waals surface area contributed by atoms with Crippen LogP contribution in [-0.2, 0) is 19.1 Å². The molecule has 0 aromatic rings. The van der Waals surface area contributed by atoms with Gasteiger partial charge in [-0.1, -0.05) is 90.7 Å². The summed E-state index contributed by atoms with van der Waals surface area (Å²) in [5.41, 5.74) is 0. The molecule has 0 spiro atoms. The molecule has 0 bridgehead atoms. The fraction of sp³-hybridized carbons (Fsp3) is 0.833. The van der Waals surface area contributed by atoms with E-state index in [0.29, 0.717) is 25.6 Å².